The van der Waals surface area contributed by atoms with Gasteiger partial charge < -0.3 is 5.32 Å². The molecular weight excluding hydrogens is 162 g/mol. The van der Waals surface area contributed by atoms with Crippen LogP contribution in [0, 0.1) is 5.41 Å². The lowest BCUT2D eigenvalue weighted by Crippen LogP contribution is -2.38. The average Bonchev–Trinajstić information content (AvgIpc) is 2.19. The molecule has 1 atom stereocenters. The van der Waals surface area contributed by atoms with E-state index in [0.29, 0.717) is 11.5 Å². The van der Waals surface area contributed by atoms with Crippen molar-refractivity contribution < 1.29 is 4.79 Å². The fourth-order valence-corrected chi connectivity index (χ4v) is 2.58. The zero-order chi connectivity index (χ0) is 9.73. The van der Waals surface area contributed by atoms with Crippen LogP contribution in [0.4, 0.5) is 0 Å². The van der Waals surface area contributed by atoms with Crippen molar-refractivity contribution in [1.82, 2.24) is 5.32 Å². The van der Waals surface area contributed by atoms with Crippen molar-refractivity contribution in [1.29, 1.82) is 0 Å². The van der Waals surface area contributed by atoms with Gasteiger partial charge in [0.2, 0.25) is 6.41 Å². The number of rotatable bonds is 4. The molecule has 2 nitrogen and oxygen atoms in total. The van der Waals surface area contributed by atoms with Crippen molar-refractivity contribution in [2.24, 2.45) is 5.41 Å². The summed E-state index contributed by atoms with van der Waals surface area (Å²) >= 11 is 0. The topological polar surface area (TPSA) is 29.1 Å². The Morgan fingerprint density at radius 1 is 1.46 bits per heavy atom. The first-order valence-corrected chi connectivity index (χ1v) is 5.46. The SMILES string of the molecule is CCC1(CC)CCCC(NC=O)C1. The van der Waals surface area contributed by atoms with Crippen LogP contribution < -0.4 is 5.32 Å². The number of carbonyl (C=O) groups is 1. The summed E-state index contributed by atoms with van der Waals surface area (Å²) in [5.74, 6) is 0. The molecule has 1 saturated carbocycles. The van der Waals surface area contributed by atoms with Gasteiger partial charge in [0.25, 0.3) is 0 Å². The molecule has 2 heteroatoms. The average molecular weight is 183 g/mol. The molecule has 0 spiro atoms. The lowest BCUT2D eigenvalue weighted by molar-refractivity contribution is -0.110. The van der Waals surface area contributed by atoms with Crippen molar-refractivity contribution >= 4 is 6.41 Å². The van der Waals surface area contributed by atoms with Crippen molar-refractivity contribution in [2.75, 3.05) is 0 Å². The van der Waals surface area contributed by atoms with Gasteiger partial charge in [-0.15, -0.1) is 0 Å². The van der Waals surface area contributed by atoms with E-state index in [4.69, 9.17) is 0 Å². The van der Waals surface area contributed by atoms with Crippen LogP contribution in [-0.2, 0) is 4.79 Å². The Balaban J connectivity index is 2.52. The fraction of sp³-hybridized carbons (Fsp3) is 0.909. The molecule has 0 saturated heterocycles. The fourth-order valence-electron chi connectivity index (χ4n) is 2.58. The Labute approximate surface area is 81.1 Å². The minimum Gasteiger partial charge on any atom is -0.356 e. The molecule has 1 fully saturated rings. The van der Waals surface area contributed by atoms with Gasteiger partial charge in [-0.1, -0.05) is 33.1 Å². The van der Waals surface area contributed by atoms with Crippen LogP contribution in [-0.4, -0.2) is 12.5 Å². The number of amides is 1. The van der Waals surface area contributed by atoms with E-state index < -0.39 is 0 Å². The highest BCUT2D eigenvalue weighted by atomic mass is 16.1. The number of nitrogens with one attached hydrogen (secondary N) is 1. The van der Waals surface area contributed by atoms with E-state index in [2.05, 4.69) is 19.2 Å². The smallest absolute Gasteiger partial charge is 0.207 e. The second kappa shape index (κ2) is 4.64. The molecule has 0 heterocycles. The molecule has 1 unspecified atom stereocenters. The monoisotopic (exact) mass is 183 g/mol. The Kier molecular flexibility index (Phi) is 3.76. The Morgan fingerprint density at radius 3 is 2.69 bits per heavy atom. The molecule has 1 aliphatic rings. The molecule has 1 aliphatic carbocycles. The molecule has 1 rings (SSSR count). The minimum atomic E-state index is 0.436. The van der Waals surface area contributed by atoms with E-state index in [9.17, 15) is 4.79 Å². The Bertz CT molecular complexity index is 163. The molecule has 0 radical (unpaired) electrons. The summed E-state index contributed by atoms with van der Waals surface area (Å²) in [6.45, 7) is 4.54. The van der Waals surface area contributed by atoms with Gasteiger partial charge in [0.05, 0.1) is 0 Å². The highest BCUT2D eigenvalue weighted by molar-refractivity contribution is 5.46. The van der Waals surface area contributed by atoms with Crippen LogP contribution in [0.2, 0.25) is 0 Å². The van der Waals surface area contributed by atoms with Crippen molar-refractivity contribution in [3.8, 4) is 0 Å². The van der Waals surface area contributed by atoms with Gasteiger partial charge in [-0.05, 0) is 24.7 Å². The van der Waals surface area contributed by atoms with E-state index in [1.54, 1.807) is 0 Å². The van der Waals surface area contributed by atoms with Gasteiger partial charge in [-0.25, -0.2) is 0 Å². The van der Waals surface area contributed by atoms with Gasteiger partial charge >= 0.3 is 0 Å². The predicted octanol–water partition coefficient (Wildman–Crippen LogP) is 2.48. The van der Waals surface area contributed by atoms with Gasteiger partial charge in [0.15, 0.2) is 0 Å². The summed E-state index contributed by atoms with van der Waals surface area (Å²) in [6.07, 6.45) is 8.32. The van der Waals surface area contributed by atoms with Gasteiger partial charge in [0.1, 0.15) is 0 Å². The minimum absolute atomic E-state index is 0.436. The summed E-state index contributed by atoms with van der Waals surface area (Å²) in [6, 6.07) is 0.436. The molecule has 0 aromatic rings. The van der Waals surface area contributed by atoms with E-state index in [1.807, 2.05) is 0 Å². The van der Waals surface area contributed by atoms with Gasteiger partial charge in [-0.3, -0.25) is 4.79 Å². The molecular formula is C11H21NO. The molecule has 0 aromatic heterocycles. The van der Waals surface area contributed by atoms with Crippen molar-refractivity contribution in [3.05, 3.63) is 0 Å². The predicted molar refractivity (Wildman–Crippen MR) is 54.5 cm³/mol. The first-order chi connectivity index (χ1) is 6.26. The normalized spacial score (nSPS) is 26.8. The quantitative estimate of drug-likeness (QED) is 0.666. The number of hydrogen-bond donors (Lipinski definition) is 1. The number of carbonyl (C=O) groups excluding carboxylic acids is 1. The Hall–Kier alpha value is -0.530. The number of hydrogen-bond acceptors (Lipinski definition) is 1. The summed E-state index contributed by atoms with van der Waals surface area (Å²) in [5, 5.41) is 2.93. The van der Waals surface area contributed by atoms with E-state index in [-0.39, 0.29) is 0 Å². The van der Waals surface area contributed by atoms with Crippen molar-refractivity contribution in [3.63, 3.8) is 0 Å². The van der Waals surface area contributed by atoms with E-state index in [1.165, 1.54) is 38.5 Å². The molecule has 1 N–H and O–H groups in total. The first kappa shape index (κ1) is 10.6. The van der Waals surface area contributed by atoms with Crippen LogP contribution >= 0.6 is 0 Å². The lowest BCUT2D eigenvalue weighted by Gasteiger charge is -2.39. The van der Waals surface area contributed by atoms with Crippen LogP contribution in [0.25, 0.3) is 0 Å². The summed E-state index contributed by atoms with van der Waals surface area (Å²) < 4.78 is 0. The highest BCUT2D eigenvalue weighted by Crippen LogP contribution is 2.41. The molecule has 13 heavy (non-hydrogen) atoms. The molecule has 1 amide bonds. The summed E-state index contributed by atoms with van der Waals surface area (Å²) in [4.78, 5) is 10.3. The maximum atomic E-state index is 10.3. The lowest BCUT2D eigenvalue weighted by atomic mass is 9.69. The third-order valence-electron chi connectivity index (χ3n) is 3.74. The maximum Gasteiger partial charge on any atom is 0.207 e. The van der Waals surface area contributed by atoms with Gasteiger partial charge in [0, 0.05) is 6.04 Å². The zero-order valence-electron chi connectivity index (χ0n) is 8.81. The molecule has 76 valence electrons. The highest BCUT2D eigenvalue weighted by Gasteiger charge is 2.32. The second-order valence-electron chi connectivity index (χ2n) is 4.28. The van der Waals surface area contributed by atoms with Crippen LogP contribution in [0.3, 0.4) is 0 Å². The largest absolute Gasteiger partial charge is 0.356 e. The van der Waals surface area contributed by atoms with Crippen molar-refractivity contribution in [2.45, 2.75) is 58.4 Å². The third-order valence-corrected chi connectivity index (χ3v) is 3.74. The van der Waals surface area contributed by atoms with Crippen LogP contribution in [0.15, 0.2) is 0 Å². The third kappa shape index (κ3) is 2.45. The molecule has 0 aliphatic heterocycles. The van der Waals surface area contributed by atoms with Gasteiger partial charge in [-0.2, -0.15) is 0 Å². The van der Waals surface area contributed by atoms with E-state index in [0.717, 1.165) is 6.41 Å². The second-order valence-corrected chi connectivity index (χ2v) is 4.28. The van der Waals surface area contributed by atoms with Crippen LogP contribution in [0.1, 0.15) is 52.4 Å². The van der Waals surface area contributed by atoms with E-state index >= 15 is 0 Å². The summed E-state index contributed by atoms with van der Waals surface area (Å²) in [7, 11) is 0. The zero-order valence-corrected chi connectivity index (χ0v) is 8.81. The maximum absolute atomic E-state index is 10.3. The Morgan fingerprint density at radius 2 is 2.15 bits per heavy atom. The standard InChI is InChI=1S/C11H21NO/c1-3-11(4-2)7-5-6-10(8-11)12-9-13/h9-10H,3-8H2,1-2H3,(H,12,13). The molecule has 0 aromatic carbocycles. The first-order valence-electron chi connectivity index (χ1n) is 5.46. The molecule has 0 bridgehead atoms. The summed E-state index contributed by atoms with van der Waals surface area (Å²) in [5.41, 5.74) is 0.513. The van der Waals surface area contributed by atoms with Crippen LogP contribution in [0.5, 0.6) is 0 Å².